The number of amides is 1. The van der Waals surface area contributed by atoms with Crippen molar-refractivity contribution < 1.29 is 14.6 Å². The number of hydrogen-bond acceptors (Lipinski definition) is 4. The molecule has 1 aromatic carbocycles. The van der Waals surface area contributed by atoms with Crippen molar-refractivity contribution >= 4 is 11.6 Å². The molecule has 1 saturated heterocycles. The van der Waals surface area contributed by atoms with Gasteiger partial charge in [-0.05, 0) is 38.0 Å². The van der Waals surface area contributed by atoms with Crippen LogP contribution in [-0.2, 0) is 4.74 Å². The third kappa shape index (κ3) is 2.73. The van der Waals surface area contributed by atoms with E-state index >= 15 is 0 Å². The Morgan fingerprint density at radius 2 is 2.39 bits per heavy atom. The maximum atomic E-state index is 12.0. The van der Waals surface area contributed by atoms with Crippen LogP contribution in [0.3, 0.4) is 0 Å². The number of carbonyl (C=O) groups excluding carboxylic acids is 1. The third-order valence-corrected chi connectivity index (χ3v) is 3.16. The molecule has 2 atom stereocenters. The lowest BCUT2D eigenvalue weighted by Crippen LogP contribution is -2.41. The summed E-state index contributed by atoms with van der Waals surface area (Å²) in [4.78, 5) is 12.0. The van der Waals surface area contributed by atoms with Gasteiger partial charge in [0.05, 0.1) is 17.7 Å². The molecule has 1 heterocycles. The van der Waals surface area contributed by atoms with Crippen LogP contribution in [0.2, 0.25) is 0 Å². The average molecular weight is 250 g/mol. The Morgan fingerprint density at radius 1 is 1.61 bits per heavy atom. The summed E-state index contributed by atoms with van der Waals surface area (Å²) in [5, 5.41) is 12.2. The fourth-order valence-electron chi connectivity index (χ4n) is 2.12. The van der Waals surface area contributed by atoms with Crippen molar-refractivity contribution in [3.05, 3.63) is 23.8 Å². The van der Waals surface area contributed by atoms with E-state index in [1.165, 1.54) is 18.2 Å². The van der Waals surface area contributed by atoms with E-state index in [0.717, 1.165) is 19.4 Å². The Balaban J connectivity index is 2.04. The first-order chi connectivity index (χ1) is 8.58. The van der Waals surface area contributed by atoms with Crippen molar-refractivity contribution in [1.82, 2.24) is 5.32 Å². The van der Waals surface area contributed by atoms with Crippen LogP contribution in [0.25, 0.3) is 0 Å². The molecule has 0 saturated carbocycles. The van der Waals surface area contributed by atoms with Gasteiger partial charge in [-0.1, -0.05) is 0 Å². The van der Waals surface area contributed by atoms with Crippen molar-refractivity contribution in [2.24, 2.45) is 0 Å². The van der Waals surface area contributed by atoms with Gasteiger partial charge in [0.25, 0.3) is 5.91 Å². The first-order valence-corrected chi connectivity index (χ1v) is 6.09. The van der Waals surface area contributed by atoms with Crippen LogP contribution in [0, 0.1) is 0 Å². The smallest absolute Gasteiger partial charge is 0.253 e. The topological polar surface area (TPSA) is 84.6 Å². The quantitative estimate of drug-likeness (QED) is 0.557. The summed E-state index contributed by atoms with van der Waals surface area (Å²) in [6.07, 6.45) is 2.04. The molecule has 0 aliphatic carbocycles. The number of benzene rings is 1. The fraction of sp³-hybridized carbons (Fsp3) is 0.462. The summed E-state index contributed by atoms with van der Waals surface area (Å²) >= 11 is 0. The van der Waals surface area contributed by atoms with E-state index in [1.807, 2.05) is 6.92 Å². The SMILES string of the molecule is CC(NC(=O)c1cc(O)ccc1N)C1CCCO1. The zero-order valence-corrected chi connectivity index (χ0v) is 10.3. The van der Waals surface area contributed by atoms with Gasteiger partial charge in [0.15, 0.2) is 0 Å². The van der Waals surface area contributed by atoms with E-state index in [2.05, 4.69) is 5.32 Å². The molecular weight excluding hydrogens is 232 g/mol. The maximum Gasteiger partial charge on any atom is 0.253 e. The minimum Gasteiger partial charge on any atom is -0.508 e. The summed E-state index contributed by atoms with van der Waals surface area (Å²) in [7, 11) is 0. The molecule has 2 unspecified atom stereocenters. The zero-order valence-electron chi connectivity index (χ0n) is 10.3. The molecule has 1 aliphatic heterocycles. The number of rotatable bonds is 3. The van der Waals surface area contributed by atoms with E-state index in [4.69, 9.17) is 10.5 Å². The van der Waals surface area contributed by atoms with Crippen LogP contribution in [0.5, 0.6) is 5.75 Å². The number of nitrogen functional groups attached to an aromatic ring is 1. The van der Waals surface area contributed by atoms with E-state index in [1.54, 1.807) is 0 Å². The fourth-order valence-corrected chi connectivity index (χ4v) is 2.12. The van der Waals surface area contributed by atoms with E-state index in [-0.39, 0.29) is 23.8 Å². The van der Waals surface area contributed by atoms with Crippen LogP contribution in [0.15, 0.2) is 18.2 Å². The highest BCUT2D eigenvalue weighted by molar-refractivity contribution is 5.99. The van der Waals surface area contributed by atoms with Gasteiger partial charge < -0.3 is 20.9 Å². The van der Waals surface area contributed by atoms with E-state index in [0.29, 0.717) is 11.3 Å². The van der Waals surface area contributed by atoms with Crippen molar-refractivity contribution in [2.45, 2.75) is 31.9 Å². The number of aromatic hydroxyl groups is 1. The largest absolute Gasteiger partial charge is 0.508 e. The molecule has 5 heteroatoms. The van der Waals surface area contributed by atoms with Crippen LogP contribution in [0.4, 0.5) is 5.69 Å². The van der Waals surface area contributed by atoms with Crippen molar-refractivity contribution in [3.8, 4) is 5.75 Å². The molecule has 0 bridgehead atoms. The molecule has 1 fully saturated rings. The van der Waals surface area contributed by atoms with Crippen molar-refractivity contribution in [2.75, 3.05) is 12.3 Å². The Morgan fingerprint density at radius 3 is 3.06 bits per heavy atom. The molecule has 4 N–H and O–H groups in total. The van der Waals surface area contributed by atoms with Crippen molar-refractivity contribution in [3.63, 3.8) is 0 Å². The molecule has 0 spiro atoms. The monoisotopic (exact) mass is 250 g/mol. The van der Waals surface area contributed by atoms with Gasteiger partial charge in [0, 0.05) is 12.3 Å². The number of nitrogens with two attached hydrogens (primary N) is 1. The van der Waals surface area contributed by atoms with Crippen molar-refractivity contribution in [1.29, 1.82) is 0 Å². The second kappa shape index (κ2) is 5.27. The van der Waals surface area contributed by atoms with Gasteiger partial charge in [-0.15, -0.1) is 0 Å². The summed E-state index contributed by atoms with van der Waals surface area (Å²) in [6.45, 7) is 2.66. The van der Waals surface area contributed by atoms with Gasteiger partial charge in [-0.25, -0.2) is 0 Å². The highest BCUT2D eigenvalue weighted by Gasteiger charge is 2.24. The second-order valence-corrected chi connectivity index (χ2v) is 4.59. The molecule has 2 rings (SSSR count). The zero-order chi connectivity index (χ0) is 13.1. The van der Waals surface area contributed by atoms with Gasteiger partial charge in [-0.2, -0.15) is 0 Å². The highest BCUT2D eigenvalue weighted by Crippen LogP contribution is 2.20. The lowest BCUT2D eigenvalue weighted by Gasteiger charge is -2.20. The van der Waals surface area contributed by atoms with Crippen LogP contribution in [0.1, 0.15) is 30.1 Å². The van der Waals surface area contributed by atoms with Gasteiger partial charge >= 0.3 is 0 Å². The summed E-state index contributed by atoms with van der Waals surface area (Å²) in [6, 6.07) is 4.27. The minimum absolute atomic E-state index is 0.0270. The van der Waals surface area contributed by atoms with E-state index < -0.39 is 0 Å². The number of anilines is 1. The molecule has 1 aromatic rings. The summed E-state index contributed by atoms with van der Waals surface area (Å²) < 4.78 is 5.51. The standard InChI is InChI=1S/C13H18N2O3/c1-8(12-3-2-6-18-12)15-13(17)10-7-9(16)4-5-11(10)14/h4-5,7-8,12,16H,2-3,6,14H2,1H3,(H,15,17). The number of nitrogens with one attached hydrogen (secondary N) is 1. The molecule has 98 valence electrons. The van der Waals surface area contributed by atoms with Crippen LogP contribution in [-0.4, -0.2) is 29.8 Å². The summed E-state index contributed by atoms with van der Waals surface area (Å²) in [5.74, 6) is -0.259. The van der Waals surface area contributed by atoms with Gasteiger partial charge in [0.1, 0.15) is 5.75 Å². The Kier molecular flexibility index (Phi) is 3.72. The number of ether oxygens (including phenoxy) is 1. The molecule has 5 nitrogen and oxygen atoms in total. The normalized spacial score (nSPS) is 20.6. The first-order valence-electron chi connectivity index (χ1n) is 6.09. The van der Waals surface area contributed by atoms with Crippen LogP contribution >= 0.6 is 0 Å². The predicted molar refractivity (Wildman–Crippen MR) is 68.4 cm³/mol. The number of hydrogen-bond donors (Lipinski definition) is 3. The summed E-state index contributed by atoms with van der Waals surface area (Å²) in [5.41, 5.74) is 6.36. The van der Waals surface area contributed by atoms with Gasteiger partial charge in [-0.3, -0.25) is 4.79 Å². The first kappa shape index (κ1) is 12.7. The minimum atomic E-state index is -0.286. The maximum absolute atomic E-state index is 12.0. The number of carbonyl (C=O) groups is 1. The molecular formula is C13H18N2O3. The Bertz CT molecular complexity index is 442. The number of phenols is 1. The molecule has 1 aliphatic rings. The lowest BCUT2D eigenvalue weighted by molar-refractivity contribution is 0.0712. The second-order valence-electron chi connectivity index (χ2n) is 4.59. The number of phenolic OH excluding ortho intramolecular Hbond substituents is 1. The molecule has 18 heavy (non-hydrogen) atoms. The van der Waals surface area contributed by atoms with Gasteiger partial charge in [0.2, 0.25) is 0 Å². The lowest BCUT2D eigenvalue weighted by atomic mass is 10.1. The average Bonchev–Trinajstić information content (AvgIpc) is 2.85. The Labute approximate surface area is 106 Å². The molecule has 1 amide bonds. The third-order valence-electron chi connectivity index (χ3n) is 3.16. The molecule has 0 aromatic heterocycles. The predicted octanol–water partition coefficient (Wildman–Crippen LogP) is 1.27. The van der Waals surface area contributed by atoms with Crippen LogP contribution < -0.4 is 11.1 Å². The Hall–Kier alpha value is -1.75. The molecule has 0 radical (unpaired) electrons. The highest BCUT2D eigenvalue weighted by atomic mass is 16.5. The van der Waals surface area contributed by atoms with E-state index in [9.17, 15) is 9.90 Å².